The summed E-state index contributed by atoms with van der Waals surface area (Å²) in [5.41, 5.74) is 1.64. The summed E-state index contributed by atoms with van der Waals surface area (Å²) in [7, 11) is 0. The van der Waals surface area contributed by atoms with Gasteiger partial charge in [-0.3, -0.25) is 19.6 Å². The Morgan fingerprint density at radius 3 is 2.77 bits per heavy atom. The lowest BCUT2D eigenvalue weighted by Crippen LogP contribution is -2.38. The topological polar surface area (TPSA) is 145 Å². The van der Waals surface area contributed by atoms with Crippen LogP contribution in [0.5, 0.6) is 0 Å². The minimum absolute atomic E-state index is 0.166. The van der Waals surface area contributed by atoms with E-state index in [0.29, 0.717) is 0 Å². The number of carbonyl (C=O) groups is 1. The molecule has 0 aliphatic carbocycles. The number of carbonyl (C=O) groups excluding carboxylic acids is 1. The highest BCUT2D eigenvalue weighted by Crippen LogP contribution is 1.94. The van der Waals surface area contributed by atoms with E-state index in [4.69, 9.17) is 0 Å². The number of nitrogens with zero attached hydrogens (tertiary/aromatic N) is 3. The summed E-state index contributed by atoms with van der Waals surface area (Å²) >= 11 is 0. The molecule has 1 amide bonds. The lowest BCUT2D eigenvalue weighted by Gasteiger charge is -2.11. The molecule has 0 fully saturated rings. The number of hydrogen-bond acceptors (Lipinski definition) is 7. The van der Waals surface area contributed by atoms with Crippen molar-refractivity contribution in [3.05, 3.63) is 50.9 Å². The van der Waals surface area contributed by atoms with E-state index in [1.54, 1.807) is 24.5 Å². The highest BCUT2D eigenvalue weighted by atomic mass is 16.2. The van der Waals surface area contributed by atoms with Crippen LogP contribution < -0.4 is 22.0 Å². The van der Waals surface area contributed by atoms with Gasteiger partial charge >= 0.3 is 5.69 Å². The average Bonchev–Trinajstić information content (AvgIpc) is 2.51. The van der Waals surface area contributed by atoms with Crippen LogP contribution in [0, 0.1) is 0 Å². The summed E-state index contributed by atoms with van der Waals surface area (Å²) in [6, 6.07) is 2.66. The Balaban J connectivity index is 1.93. The normalized spacial score (nSPS) is 12.0. The smallest absolute Gasteiger partial charge is 0.342 e. The summed E-state index contributed by atoms with van der Waals surface area (Å²) in [6.45, 7) is 1.52. The highest BCUT2D eigenvalue weighted by Gasteiger charge is 2.14. The van der Waals surface area contributed by atoms with Crippen molar-refractivity contribution in [3.8, 4) is 0 Å². The minimum atomic E-state index is -0.783. The summed E-state index contributed by atoms with van der Waals surface area (Å²) in [5, 5.41) is 11.9. The van der Waals surface area contributed by atoms with Gasteiger partial charge in [-0.1, -0.05) is 0 Å². The Bertz CT molecular complexity index is 781. The van der Waals surface area contributed by atoms with Crippen molar-refractivity contribution < 1.29 is 4.79 Å². The zero-order chi connectivity index (χ0) is 15.9. The Labute approximate surface area is 123 Å². The molecule has 0 saturated heterocycles. The monoisotopic (exact) mass is 303 g/mol. The molecule has 10 nitrogen and oxygen atoms in total. The Hall–Kier alpha value is -3.30. The Morgan fingerprint density at radius 2 is 2.09 bits per heavy atom. The highest BCUT2D eigenvalue weighted by molar-refractivity contribution is 5.86. The number of H-pyrrole nitrogens is 2. The van der Waals surface area contributed by atoms with Gasteiger partial charge in [-0.15, -0.1) is 5.10 Å². The molecule has 0 bridgehead atoms. The van der Waals surface area contributed by atoms with Gasteiger partial charge in [0.1, 0.15) is 6.04 Å². The molecular weight excluding hydrogens is 290 g/mol. The number of hydrogen-bond donors (Lipinski definition) is 4. The first-order chi connectivity index (χ1) is 10.6. The van der Waals surface area contributed by atoms with Gasteiger partial charge in [-0.25, -0.2) is 15.3 Å². The summed E-state index contributed by atoms with van der Waals surface area (Å²) in [5.74, 6) is -0.641. The Morgan fingerprint density at radius 1 is 1.36 bits per heavy atom. The van der Waals surface area contributed by atoms with E-state index < -0.39 is 23.2 Å². The van der Waals surface area contributed by atoms with Crippen LogP contribution in [-0.4, -0.2) is 38.3 Å². The summed E-state index contributed by atoms with van der Waals surface area (Å²) in [4.78, 5) is 39.9. The molecule has 0 saturated carbocycles. The lowest BCUT2D eigenvalue weighted by molar-refractivity contribution is -0.121. The first-order valence-corrected chi connectivity index (χ1v) is 6.25. The molecule has 114 valence electrons. The first kappa shape index (κ1) is 15.1. The fraction of sp³-hybridized carbons (Fsp3) is 0.167. The predicted octanol–water partition coefficient (Wildman–Crippen LogP) is -1.20. The minimum Gasteiger partial charge on any atom is -0.353 e. The number of anilines is 1. The largest absolute Gasteiger partial charge is 0.353 e. The van der Waals surface area contributed by atoms with Gasteiger partial charge < -0.3 is 5.32 Å². The van der Waals surface area contributed by atoms with E-state index in [1.807, 2.05) is 4.98 Å². The zero-order valence-electron chi connectivity index (χ0n) is 11.5. The fourth-order valence-electron chi connectivity index (χ4n) is 1.43. The van der Waals surface area contributed by atoms with Crippen LogP contribution in [0.4, 0.5) is 5.82 Å². The third-order valence-corrected chi connectivity index (χ3v) is 2.55. The van der Waals surface area contributed by atoms with Gasteiger partial charge in [-0.05, 0) is 24.6 Å². The second-order valence-corrected chi connectivity index (χ2v) is 4.24. The van der Waals surface area contributed by atoms with Crippen LogP contribution in [0.2, 0.25) is 0 Å². The van der Waals surface area contributed by atoms with Crippen molar-refractivity contribution in [2.45, 2.75) is 13.0 Å². The van der Waals surface area contributed by atoms with Gasteiger partial charge in [-0.2, -0.15) is 5.10 Å². The average molecular weight is 303 g/mol. The number of nitrogens with one attached hydrogen (secondary N) is 4. The van der Waals surface area contributed by atoms with Crippen LogP contribution >= 0.6 is 0 Å². The molecule has 1 unspecified atom stereocenters. The number of rotatable bonds is 5. The van der Waals surface area contributed by atoms with Crippen molar-refractivity contribution in [1.29, 1.82) is 0 Å². The third-order valence-electron chi connectivity index (χ3n) is 2.55. The molecule has 0 spiro atoms. The molecule has 2 aromatic rings. The molecule has 2 aromatic heterocycles. The van der Waals surface area contributed by atoms with E-state index in [-0.39, 0.29) is 5.82 Å². The van der Waals surface area contributed by atoms with Gasteiger partial charge in [0.15, 0.2) is 0 Å². The maximum atomic E-state index is 11.8. The predicted molar refractivity (Wildman–Crippen MR) is 78.5 cm³/mol. The first-order valence-electron chi connectivity index (χ1n) is 6.25. The van der Waals surface area contributed by atoms with E-state index in [2.05, 4.69) is 31.0 Å². The second-order valence-electron chi connectivity index (χ2n) is 4.24. The van der Waals surface area contributed by atoms with Gasteiger partial charge in [0, 0.05) is 12.4 Å². The van der Waals surface area contributed by atoms with Gasteiger partial charge in [0.25, 0.3) is 11.5 Å². The van der Waals surface area contributed by atoms with Crippen LogP contribution in [0.15, 0.2) is 39.2 Å². The van der Waals surface area contributed by atoms with Gasteiger partial charge in [0.2, 0.25) is 5.82 Å². The second kappa shape index (κ2) is 6.92. The van der Waals surface area contributed by atoms with Crippen LogP contribution in [-0.2, 0) is 4.79 Å². The standard InChI is InChI=1S/C12H13N7O3/c1-7(15-9-11(21)16-12(22)19-17-9)10(20)18-14-6-8-2-4-13-5-3-8/h2-7H,1H3,(H,15,17)(H,18,20)(H2,16,19,21,22). The number of hydrazone groups is 1. The number of amides is 1. The molecule has 2 rings (SSSR count). The molecule has 0 aliphatic heterocycles. The molecule has 0 radical (unpaired) electrons. The summed E-state index contributed by atoms with van der Waals surface area (Å²) < 4.78 is 0. The molecule has 0 aromatic carbocycles. The lowest BCUT2D eigenvalue weighted by atomic mass is 10.3. The summed E-state index contributed by atoms with van der Waals surface area (Å²) in [6.07, 6.45) is 4.65. The number of aromatic nitrogens is 4. The molecule has 22 heavy (non-hydrogen) atoms. The van der Waals surface area contributed by atoms with Crippen LogP contribution in [0.3, 0.4) is 0 Å². The maximum Gasteiger partial charge on any atom is 0.342 e. The van der Waals surface area contributed by atoms with Gasteiger partial charge in [0.05, 0.1) is 6.21 Å². The number of pyridine rings is 1. The molecule has 2 heterocycles. The van der Waals surface area contributed by atoms with Crippen LogP contribution in [0.25, 0.3) is 0 Å². The van der Waals surface area contributed by atoms with E-state index >= 15 is 0 Å². The van der Waals surface area contributed by atoms with E-state index in [1.165, 1.54) is 13.1 Å². The quantitative estimate of drug-likeness (QED) is 0.403. The SMILES string of the molecule is CC(Nc1n[nH]c(=O)[nH]c1=O)C(=O)NN=Cc1ccncc1. The number of aromatic amines is 2. The Kier molecular flexibility index (Phi) is 4.75. The molecule has 4 N–H and O–H groups in total. The maximum absolute atomic E-state index is 11.8. The molecule has 1 atom stereocenters. The van der Waals surface area contributed by atoms with E-state index in [9.17, 15) is 14.4 Å². The zero-order valence-corrected chi connectivity index (χ0v) is 11.5. The molecule has 10 heteroatoms. The van der Waals surface area contributed by atoms with Crippen molar-refractivity contribution >= 4 is 17.9 Å². The van der Waals surface area contributed by atoms with Crippen molar-refractivity contribution in [3.63, 3.8) is 0 Å². The fourth-order valence-corrected chi connectivity index (χ4v) is 1.43. The van der Waals surface area contributed by atoms with Crippen LogP contribution in [0.1, 0.15) is 12.5 Å². The van der Waals surface area contributed by atoms with Crippen molar-refractivity contribution in [1.82, 2.24) is 25.6 Å². The van der Waals surface area contributed by atoms with Crippen molar-refractivity contribution in [2.24, 2.45) is 5.10 Å². The molecule has 0 aliphatic rings. The van der Waals surface area contributed by atoms with E-state index in [0.717, 1.165) is 5.56 Å². The van der Waals surface area contributed by atoms with Crippen molar-refractivity contribution in [2.75, 3.05) is 5.32 Å². The third kappa shape index (κ3) is 4.10. The molecular formula is C12H13N7O3.